The van der Waals surface area contributed by atoms with E-state index in [1.165, 1.54) is 12.0 Å². The predicted molar refractivity (Wildman–Crippen MR) is 112 cm³/mol. The fourth-order valence-electron chi connectivity index (χ4n) is 3.62. The zero-order valence-electron chi connectivity index (χ0n) is 17.4. The molecule has 0 bridgehead atoms. The lowest BCUT2D eigenvalue weighted by atomic mass is 9.89. The van der Waals surface area contributed by atoms with Gasteiger partial charge in [-0.2, -0.15) is 0 Å². The van der Waals surface area contributed by atoms with Crippen molar-refractivity contribution in [2.45, 2.75) is 32.3 Å². The lowest BCUT2D eigenvalue weighted by Crippen LogP contribution is -2.54. The second kappa shape index (κ2) is 8.98. The van der Waals surface area contributed by atoms with Crippen LogP contribution < -0.4 is 10.1 Å². The summed E-state index contributed by atoms with van der Waals surface area (Å²) in [5.41, 5.74) is 0.405. The van der Waals surface area contributed by atoms with Crippen LogP contribution in [-0.2, 0) is 20.7 Å². The summed E-state index contributed by atoms with van der Waals surface area (Å²) in [7, 11) is 1.52. The van der Waals surface area contributed by atoms with Crippen LogP contribution in [0, 0.1) is 0 Å². The van der Waals surface area contributed by atoms with E-state index in [0.717, 1.165) is 5.56 Å². The molecule has 1 heterocycles. The van der Waals surface area contributed by atoms with Gasteiger partial charge in [0.2, 0.25) is 5.91 Å². The Bertz CT molecular complexity index is 958. The Morgan fingerprint density at radius 3 is 2.60 bits per heavy atom. The minimum absolute atomic E-state index is 0.153. The highest BCUT2D eigenvalue weighted by Crippen LogP contribution is 2.30. The summed E-state index contributed by atoms with van der Waals surface area (Å²) >= 11 is 0. The van der Waals surface area contributed by atoms with Gasteiger partial charge >= 0.3 is 5.97 Å². The second-order valence-electron chi connectivity index (χ2n) is 7.43. The Kier molecular flexibility index (Phi) is 6.40. The molecule has 2 amide bonds. The van der Waals surface area contributed by atoms with Crippen molar-refractivity contribution in [1.82, 2.24) is 4.90 Å². The molecule has 0 saturated heterocycles. The van der Waals surface area contributed by atoms with Crippen molar-refractivity contribution in [3.05, 3.63) is 59.7 Å². The van der Waals surface area contributed by atoms with E-state index in [1.54, 1.807) is 43.3 Å². The second-order valence-corrected chi connectivity index (χ2v) is 7.43. The highest BCUT2D eigenvalue weighted by molar-refractivity contribution is 6.00. The molecule has 0 fully saturated rings. The van der Waals surface area contributed by atoms with E-state index >= 15 is 0 Å². The number of cyclic esters (lactones) is 1. The molecule has 3 rings (SSSR count). The van der Waals surface area contributed by atoms with Crippen molar-refractivity contribution in [1.29, 1.82) is 0 Å². The molecule has 2 aromatic rings. The first kappa shape index (κ1) is 21.4. The lowest BCUT2D eigenvalue weighted by Gasteiger charge is -2.37. The average molecular weight is 410 g/mol. The zero-order chi connectivity index (χ0) is 21.7. The molecule has 7 heteroatoms. The van der Waals surface area contributed by atoms with Crippen molar-refractivity contribution < 1.29 is 23.9 Å². The lowest BCUT2D eigenvalue weighted by molar-refractivity contribution is -0.152. The summed E-state index contributed by atoms with van der Waals surface area (Å²) in [5, 5.41) is 2.78. The molecule has 2 aromatic carbocycles. The molecule has 1 aliphatic heterocycles. The van der Waals surface area contributed by atoms with Gasteiger partial charge in [0.05, 0.1) is 24.9 Å². The summed E-state index contributed by atoms with van der Waals surface area (Å²) < 4.78 is 10.8. The molecule has 0 radical (unpaired) electrons. The first-order valence-electron chi connectivity index (χ1n) is 9.91. The van der Waals surface area contributed by atoms with Gasteiger partial charge in [-0.1, -0.05) is 37.3 Å². The maximum Gasteiger partial charge on any atom is 0.339 e. The van der Waals surface area contributed by atoms with Gasteiger partial charge in [0.25, 0.3) is 5.91 Å². The first-order valence-corrected chi connectivity index (χ1v) is 9.91. The largest absolute Gasteiger partial charge is 0.495 e. The number of nitrogens with one attached hydrogen (secondary N) is 1. The van der Waals surface area contributed by atoms with Crippen molar-refractivity contribution in [3.8, 4) is 5.75 Å². The predicted octanol–water partition coefficient (Wildman–Crippen LogP) is 3.04. The van der Waals surface area contributed by atoms with E-state index in [1.807, 2.05) is 19.1 Å². The number of anilines is 1. The SMILES string of the molecule is CCCN(CC(=O)Nc1ccccc1OC)C(=O)C1(C)Cc2ccccc2C(=O)O1. The van der Waals surface area contributed by atoms with E-state index < -0.39 is 11.6 Å². The normalized spacial score (nSPS) is 17.5. The molecular weight excluding hydrogens is 384 g/mol. The van der Waals surface area contributed by atoms with E-state index in [4.69, 9.17) is 9.47 Å². The van der Waals surface area contributed by atoms with Crippen molar-refractivity contribution in [2.24, 2.45) is 0 Å². The Balaban J connectivity index is 1.76. The molecule has 1 aliphatic rings. The van der Waals surface area contributed by atoms with Crippen LogP contribution in [0.25, 0.3) is 0 Å². The molecule has 1 unspecified atom stereocenters. The van der Waals surface area contributed by atoms with Crippen LogP contribution in [-0.4, -0.2) is 48.5 Å². The van der Waals surface area contributed by atoms with Gasteiger partial charge in [-0.05, 0) is 37.1 Å². The molecule has 0 aliphatic carbocycles. The Hall–Kier alpha value is -3.35. The smallest absolute Gasteiger partial charge is 0.339 e. The highest BCUT2D eigenvalue weighted by Gasteiger charge is 2.45. The molecule has 0 spiro atoms. The van der Waals surface area contributed by atoms with Gasteiger partial charge in [0.15, 0.2) is 5.60 Å². The third-order valence-corrected chi connectivity index (χ3v) is 5.03. The third kappa shape index (κ3) is 4.45. The van der Waals surface area contributed by atoms with Gasteiger partial charge in [-0.3, -0.25) is 9.59 Å². The number of fused-ring (bicyclic) bond motifs is 1. The summed E-state index contributed by atoms with van der Waals surface area (Å²) in [6.07, 6.45) is 0.927. The number of rotatable bonds is 7. The van der Waals surface area contributed by atoms with E-state index in [-0.39, 0.29) is 24.8 Å². The van der Waals surface area contributed by atoms with Crippen LogP contribution >= 0.6 is 0 Å². The van der Waals surface area contributed by atoms with Gasteiger partial charge in [-0.15, -0.1) is 0 Å². The Labute approximate surface area is 176 Å². The number of carbonyl (C=O) groups is 3. The summed E-state index contributed by atoms with van der Waals surface area (Å²) in [6.45, 7) is 3.74. The van der Waals surface area contributed by atoms with E-state index in [0.29, 0.717) is 30.0 Å². The summed E-state index contributed by atoms with van der Waals surface area (Å²) in [4.78, 5) is 39.8. The highest BCUT2D eigenvalue weighted by atomic mass is 16.6. The molecule has 0 saturated carbocycles. The number of nitrogens with zero attached hydrogens (tertiary/aromatic N) is 1. The fraction of sp³-hybridized carbons (Fsp3) is 0.348. The van der Waals surface area contributed by atoms with Gasteiger partial charge in [0.1, 0.15) is 5.75 Å². The van der Waals surface area contributed by atoms with Gasteiger partial charge in [0, 0.05) is 13.0 Å². The molecule has 1 N–H and O–H groups in total. The minimum Gasteiger partial charge on any atom is -0.495 e. The Morgan fingerprint density at radius 2 is 1.87 bits per heavy atom. The maximum absolute atomic E-state index is 13.3. The third-order valence-electron chi connectivity index (χ3n) is 5.03. The Morgan fingerprint density at radius 1 is 1.17 bits per heavy atom. The van der Waals surface area contributed by atoms with Crippen LogP contribution in [0.5, 0.6) is 5.75 Å². The van der Waals surface area contributed by atoms with Crippen LogP contribution in [0.2, 0.25) is 0 Å². The molecule has 158 valence electrons. The summed E-state index contributed by atoms with van der Waals surface area (Å²) in [6, 6.07) is 14.1. The van der Waals surface area contributed by atoms with Crippen molar-refractivity contribution in [3.63, 3.8) is 0 Å². The van der Waals surface area contributed by atoms with Crippen LogP contribution in [0.4, 0.5) is 5.69 Å². The number of carbonyl (C=O) groups excluding carboxylic acids is 3. The number of benzene rings is 2. The summed E-state index contributed by atoms with van der Waals surface area (Å²) in [5.74, 6) is -0.735. The number of ether oxygens (including phenoxy) is 2. The molecule has 7 nitrogen and oxygen atoms in total. The monoisotopic (exact) mass is 410 g/mol. The van der Waals surface area contributed by atoms with Crippen LogP contribution in [0.1, 0.15) is 36.2 Å². The molecule has 1 atom stereocenters. The molecular formula is C23H26N2O5. The number of hydrogen-bond donors (Lipinski definition) is 1. The average Bonchev–Trinajstić information content (AvgIpc) is 2.73. The number of amides is 2. The number of methoxy groups -OCH3 is 1. The number of esters is 1. The quantitative estimate of drug-likeness (QED) is 0.709. The number of para-hydroxylation sites is 2. The van der Waals surface area contributed by atoms with Gasteiger partial charge < -0.3 is 19.7 Å². The van der Waals surface area contributed by atoms with E-state index in [2.05, 4.69) is 5.32 Å². The van der Waals surface area contributed by atoms with Crippen LogP contribution in [0.3, 0.4) is 0 Å². The minimum atomic E-state index is -1.36. The zero-order valence-corrected chi connectivity index (χ0v) is 17.4. The first-order chi connectivity index (χ1) is 14.4. The van der Waals surface area contributed by atoms with Crippen molar-refractivity contribution in [2.75, 3.05) is 25.5 Å². The molecule has 0 aromatic heterocycles. The topological polar surface area (TPSA) is 84.9 Å². The van der Waals surface area contributed by atoms with Crippen LogP contribution in [0.15, 0.2) is 48.5 Å². The van der Waals surface area contributed by atoms with E-state index in [9.17, 15) is 14.4 Å². The van der Waals surface area contributed by atoms with Gasteiger partial charge in [-0.25, -0.2) is 4.79 Å². The standard InChI is InChI=1S/C23H26N2O5/c1-4-13-25(15-20(26)24-18-11-7-8-12-19(18)29-3)22(28)23(2)14-16-9-5-6-10-17(16)21(27)30-23/h5-12H,4,13-15H2,1-3H3,(H,24,26). The molecule has 30 heavy (non-hydrogen) atoms. The fourth-order valence-corrected chi connectivity index (χ4v) is 3.62. The number of hydrogen-bond acceptors (Lipinski definition) is 5. The van der Waals surface area contributed by atoms with Crippen molar-refractivity contribution >= 4 is 23.5 Å². The maximum atomic E-state index is 13.3.